The van der Waals surface area contributed by atoms with E-state index in [1.54, 1.807) is 0 Å². The van der Waals surface area contributed by atoms with Gasteiger partial charge in [-0.15, -0.1) is 0 Å². The van der Waals surface area contributed by atoms with Crippen molar-refractivity contribution < 1.29 is 4.39 Å². The highest BCUT2D eigenvalue weighted by Crippen LogP contribution is 2.17. The maximum Gasteiger partial charge on any atom is 0.115 e. The molecule has 1 heterocycles. The molecule has 0 spiro atoms. The van der Waals surface area contributed by atoms with Gasteiger partial charge in [0.2, 0.25) is 0 Å². The van der Waals surface area contributed by atoms with Crippen molar-refractivity contribution in [1.82, 2.24) is 5.32 Å². The van der Waals surface area contributed by atoms with E-state index in [0.29, 0.717) is 6.04 Å². The fraction of sp³-hybridized carbons (Fsp3) is 1.00. The molecule has 1 saturated heterocycles. The first-order chi connectivity index (χ1) is 4.74. The first-order valence-electron chi connectivity index (χ1n) is 4.14. The van der Waals surface area contributed by atoms with E-state index in [1.807, 2.05) is 6.92 Å². The second-order valence-corrected chi connectivity index (χ2v) is 3.15. The number of nitrogens with one attached hydrogen (secondary N) is 1. The number of hydrogen-bond acceptors (Lipinski definition) is 1. The molecule has 0 aromatic rings. The highest BCUT2D eigenvalue weighted by atomic mass is 19.1. The predicted molar refractivity (Wildman–Crippen MR) is 40.8 cm³/mol. The third-order valence-corrected chi connectivity index (χ3v) is 2.32. The van der Waals surface area contributed by atoms with E-state index in [9.17, 15) is 4.39 Å². The fourth-order valence-electron chi connectivity index (χ4n) is 1.49. The second kappa shape index (κ2) is 3.33. The topological polar surface area (TPSA) is 12.0 Å². The van der Waals surface area contributed by atoms with Crippen LogP contribution in [0.3, 0.4) is 0 Å². The Kier molecular flexibility index (Phi) is 2.66. The molecule has 0 bridgehead atoms. The van der Waals surface area contributed by atoms with E-state index >= 15 is 0 Å². The number of alkyl halides is 1. The quantitative estimate of drug-likeness (QED) is 0.594. The van der Waals surface area contributed by atoms with E-state index in [-0.39, 0.29) is 6.04 Å². The normalized spacial score (nSPS) is 41.7. The molecular formula is C8H16FN. The zero-order chi connectivity index (χ0) is 7.56. The largest absolute Gasteiger partial charge is 0.309 e. The van der Waals surface area contributed by atoms with Gasteiger partial charge in [0.05, 0.1) is 0 Å². The van der Waals surface area contributed by atoms with Crippen LogP contribution in [0.4, 0.5) is 4.39 Å². The molecule has 0 aliphatic carbocycles. The molecule has 1 aliphatic rings. The van der Waals surface area contributed by atoms with Crippen LogP contribution in [0.2, 0.25) is 0 Å². The van der Waals surface area contributed by atoms with Crippen LogP contribution in [0.25, 0.3) is 0 Å². The first-order valence-corrected chi connectivity index (χ1v) is 4.14. The number of rotatable bonds is 1. The first kappa shape index (κ1) is 7.99. The van der Waals surface area contributed by atoms with E-state index in [2.05, 4.69) is 12.2 Å². The van der Waals surface area contributed by atoms with Gasteiger partial charge in [-0.05, 0) is 26.2 Å². The summed E-state index contributed by atoms with van der Waals surface area (Å²) < 4.78 is 12.8. The third kappa shape index (κ3) is 1.69. The summed E-state index contributed by atoms with van der Waals surface area (Å²) in [6.45, 7) is 4.06. The summed E-state index contributed by atoms with van der Waals surface area (Å²) in [6, 6.07) is 0.626. The summed E-state index contributed by atoms with van der Waals surface area (Å²) in [7, 11) is 0. The van der Waals surface area contributed by atoms with Crippen molar-refractivity contribution in [3.05, 3.63) is 0 Å². The zero-order valence-corrected chi connectivity index (χ0v) is 6.73. The third-order valence-electron chi connectivity index (χ3n) is 2.32. The van der Waals surface area contributed by atoms with Gasteiger partial charge < -0.3 is 5.32 Å². The Morgan fingerprint density at radius 1 is 1.50 bits per heavy atom. The molecule has 10 heavy (non-hydrogen) atoms. The molecule has 0 radical (unpaired) electrons. The lowest BCUT2D eigenvalue weighted by Crippen LogP contribution is -2.46. The van der Waals surface area contributed by atoms with Crippen molar-refractivity contribution in [2.45, 2.75) is 51.4 Å². The lowest BCUT2D eigenvalue weighted by Gasteiger charge is -2.30. The molecule has 0 aromatic heterocycles. The van der Waals surface area contributed by atoms with Crippen molar-refractivity contribution in [3.8, 4) is 0 Å². The molecule has 0 saturated carbocycles. The lowest BCUT2D eigenvalue weighted by molar-refractivity contribution is 0.177. The van der Waals surface area contributed by atoms with Crippen molar-refractivity contribution in [2.75, 3.05) is 0 Å². The highest BCUT2D eigenvalue weighted by Gasteiger charge is 2.24. The Bertz CT molecular complexity index is 105. The van der Waals surface area contributed by atoms with Crippen LogP contribution >= 0.6 is 0 Å². The van der Waals surface area contributed by atoms with Gasteiger partial charge in [0.25, 0.3) is 0 Å². The van der Waals surface area contributed by atoms with Crippen LogP contribution < -0.4 is 5.32 Å². The summed E-state index contributed by atoms with van der Waals surface area (Å²) in [5, 5.41) is 3.24. The van der Waals surface area contributed by atoms with Crippen molar-refractivity contribution in [3.63, 3.8) is 0 Å². The van der Waals surface area contributed by atoms with Crippen molar-refractivity contribution in [1.29, 1.82) is 0 Å². The Labute approximate surface area is 62.0 Å². The average molecular weight is 145 g/mol. The SMILES string of the molecule is CCC1CCC(F)C(C)N1. The molecule has 2 heteroatoms. The Morgan fingerprint density at radius 3 is 2.70 bits per heavy atom. The van der Waals surface area contributed by atoms with Crippen LogP contribution in [0.15, 0.2) is 0 Å². The summed E-state index contributed by atoms with van der Waals surface area (Å²) in [6.07, 6.45) is 2.24. The van der Waals surface area contributed by atoms with E-state index in [1.165, 1.54) is 0 Å². The summed E-state index contributed by atoms with van der Waals surface area (Å²) >= 11 is 0. The zero-order valence-electron chi connectivity index (χ0n) is 6.73. The number of halogens is 1. The van der Waals surface area contributed by atoms with Crippen molar-refractivity contribution >= 4 is 0 Å². The average Bonchev–Trinajstić information content (AvgIpc) is 1.95. The molecule has 1 rings (SSSR count). The van der Waals surface area contributed by atoms with Gasteiger partial charge in [-0.2, -0.15) is 0 Å². The minimum absolute atomic E-state index is 0.0682. The van der Waals surface area contributed by atoms with Gasteiger partial charge in [0.1, 0.15) is 6.17 Å². The monoisotopic (exact) mass is 145 g/mol. The molecule has 0 aromatic carbocycles. The summed E-state index contributed by atoms with van der Waals surface area (Å²) in [5.74, 6) is 0. The lowest BCUT2D eigenvalue weighted by atomic mass is 9.96. The maximum atomic E-state index is 12.8. The molecule has 0 amide bonds. The van der Waals surface area contributed by atoms with Crippen LogP contribution in [0, 0.1) is 0 Å². The van der Waals surface area contributed by atoms with Crippen LogP contribution in [-0.4, -0.2) is 18.3 Å². The number of hydrogen-bond donors (Lipinski definition) is 1. The van der Waals surface area contributed by atoms with Crippen molar-refractivity contribution in [2.24, 2.45) is 0 Å². The van der Waals surface area contributed by atoms with Gasteiger partial charge in [-0.3, -0.25) is 0 Å². The number of piperidine rings is 1. The van der Waals surface area contributed by atoms with Gasteiger partial charge in [0.15, 0.2) is 0 Å². The van der Waals surface area contributed by atoms with Gasteiger partial charge in [0, 0.05) is 12.1 Å². The Balaban J connectivity index is 2.33. The Hall–Kier alpha value is -0.110. The summed E-state index contributed by atoms with van der Waals surface area (Å²) in [5.41, 5.74) is 0. The predicted octanol–water partition coefficient (Wildman–Crippen LogP) is 1.88. The molecular weight excluding hydrogens is 129 g/mol. The van der Waals surface area contributed by atoms with Crippen LogP contribution in [0.1, 0.15) is 33.1 Å². The molecule has 1 nitrogen and oxygen atoms in total. The standard InChI is InChI=1S/C8H16FN/c1-3-7-4-5-8(9)6(2)10-7/h6-8,10H,3-5H2,1-2H3. The summed E-state index contributed by atoms with van der Waals surface area (Å²) in [4.78, 5) is 0. The fourth-order valence-corrected chi connectivity index (χ4v) is 1.49. The molecule has 1 fully saturated rings. The van der Waals surface area contributed by atoms with Crippen LogP contribution in [-0.2, 0) is 0 Å². The Morgan fingerprint density at radius 2 is 2.20 bits per heavy atom. The van der Waals surface area contributed by atoms with Crippen LogP contribution in [0.5, 0.6) is 0 Å². The van der Waals surface area contributed by atoms with E-state index < -0.39 is 6.17 Å². The van der Waals surface area contributed by atoms with Gasteiger partial charge in [-0.1, -0.05) is 6.92 Å². The second-order valence-electron chi connectivity index (χ2n) is 3.15. The molecule has 60 valence electrons. The van der Waals surface area contributed by atoms with Gasteiger partial charge in [-0.25, -0.2) is 4.39 Å². The highest BCUT2D eigenvalue weighted by molar-refractivity contribution is 4.83. The molecule has 1 N–H and O–H groups in total. The minimum atomic E-state index is -0.622. The van der Waals surface area contributed by atoms with E-state index in [4.69, 9.17) is 0 Å². The van der Waals surface area contributed by atoms with Gasteiger partial charge >= 0.3 is 0 Å². The minimum Gasteiger partial charge on any atom is -0.309 e. The molecule has 3 atom stereocenters. The smallest absolute Gasteiger partial charge is 0.115 e. The maximum absolute atomic E-state index is 12.8. The van der Waals surface area contributed by atoms with E-state index in [0.717, 1.165) is 19.3 Å². The molecule has 1 aliphatic heterocycles. The molecule has 3 unspecified atom stereocenters.